The number of nitrogens with one attached hydrogen (secondary N) is 4. The van der Waals surface area contributed by atoms with Gasteiger partial charge in [0.1, 0.15) is 28.8 Å². The number of carbonyl (C=O) groups is 5. The number of rotatable bonds is 12. The predicted octanol–water partition coefficient (Wildman–Crippen LogP) is 2.42. The Bertz CT molecular complexity index is 829. The number of amides is 4. The van der Waals surface area contributed by atoms with Gasteiger partial charge in [0.2, 0.25) is 17.7 Å². The van der Waals surface area contributed by atoms with Crippen molar-refractivity contribution >= 4 is 29.8 Å². The van der Waals surface area contributed by atoms with E-state index in [4.69, 9.17) is 9.47 Å². The van der Waals surface area contributed by atoms with E-state index in [2.05, 4.69) is 21.3 Å². The molecule has 0 fully saturated rings. The van der Waals surface area contributed by atoms with E-state index in [0.717, 1.165) is 0 Å². The third-order valence-electron chi connectivity index (χ3n) is 5.18. The molecule has 11 heteroatoms. The monoisotopic (exact) mass is 528 g/mol. The zero-order chi connectivity index (χ0) is 29.4. The molecule has 0 aromatic carbocycles. The van der Waals surface area contributed by atoms with Gasteiger partial charge in [-0.1, -0.05) is 27.7 Å². The number of ether oxygens (including phenoxy) is 2. The first-order chi connectivity index (χ1) is 16.6. The lowest BCUT2D eigenvalue weighted by atomic mass is 9.97. The molecule has 0 rings (SSSR count). The van der Waals surface area contributed by atoms with Gasteiger partial charge in [0.15, 0.2) is 0 Å². The molecular weight excluding hydrogens is 480 g/mol. The summed E-state index contributed by atoms with van der Waals surface area (Å²) < 4.78 is 10.0. The summed E-state index contributed by atoms with van der Waals surface area (Å²) in [6.07, 6.45) is -0.115. The Morgan fingerprint density at radius 1 is 0.676 bits per heavy atom. The van der Waals surface area contributed by atoms with Crippen LogP contribution in [0.5, 0.6) is 0 Å². The molecular formula is C26H48N4O7. The number of alkyl carbamates (subject to hydrolysis) is 1. The minimum Gasteiger partial charge on any atom is -0.467 e. The fourth-order valence-electron chi connectivity index (χ4n) is 3.35. The molecule has 0 radical (unpaired) electrons. The highest BCUT2D eigenvalue weighted by molar-refractivity contribution is 5.97. The molecule has 4 N–H and O–H groups in total. The van der Waals surface area contributed by atoms with E-state index < -0.39 is 58.5 Å². The molecule has 0 aromatic rings. The second kappa shape index (κ2) is 13.6. The molecule has 0 saturated heterocycles. The van der Waals surface area contributed by atoms with Crippen LogP contribution in [0.2, 0.25) is 0 Å². The van der Waals surface area contributed by atoms with Crippen LogP contribution in [0.15, 0.2) is 0 Å². The fraction of sp³-hybridized carbons (Fsp3) is 0.808. The van der Waals surface area contributed by atoms with Crippen molar-refractivity contribution in [3.8, 4) is 0 Å². The van der Waals surface area contributed by atoms with E-state index in [1.165, 1.54) is 34.8 Å². The average Bonchev–Trinajstić information content (AvgIpc) is 2.69. The van der Waals surface area contributed by atoms with Gasteiger partial charge in [0.05, 0.1) is 7.11 Å². The highest BCUT2D eigenvalue weighted by atomic mass is 16.6. The first-order valence-corrected chi connectivity index (χ1v) is 12.6. The Morgan fingerprint density at radius 3 is 1.46 bits per heavy atom. The number of methoxy groups -OCH3 is 1. The van der Waals surface area contributed by atoms with E-state index in [0.29, 0.717) is 12.8 Å². The fourth-order valence-corrected chi connectivity index (χ4v) is 3.35. The summed E-state index contributed by atoms with van der Waals surface area (Å²) in [4.78, 5) is 63.6. The third kappa shape index (κ3) is 12.8. The molecule has 0 bridgehead atoms. The Hall–Kier alpha value is -2.85. The molecule has 0 aliphatic carbocycles. The predicted molar refractivity (Wildman–Crippen MR) is 140 cm³/mol. The van der Waals surface area contributed by atoms with Gasteiger partial charge in [-0.05, 0) is 73.1 Å². The first kappa shape index (κ1) is 34.1. The summed E-state index contributed by atoms with van der Waals surface area (Å²) in [5.74, 6) is -2.22. The molecule has 0 spiro atoms. The summed E-state index contributed by atoms with van der Waals surface area (Å²) >= 11 is 0. The van der Waals surface area contributed by atoms with Gasteiger partial charge < -0.3 is 30.7 Å². The van der Waals surface area contributed by atoms with Crippen molar-refractivity contribution in [3.63, 3.8) is 0 Å². The first-order valence-electron chi connectivity index (χ1n) is 12.6. The molecule has 0 heterocycles. The van der Waals surface area contributed by atoms with Gasteiger partial charge in [0.25, 0.3) is 0 Å². The molecule has 214 valence electrons. The van der Waals surface area contributed by atoms with Crippen LogP contribution in [0.25, 0.3) is 0 Å². The molecule has 4 amide bonds. The van der Waals surface area contributed by atoms with Crippen molar-refractivity contribution in [2.45, 2.75) is 118 Å². The Morgan fingerprint density at radius 2 is 1.08 bits per heavy atom. The second-order valence-electron chi connectivity index (χ2n) is 12.2. The minimum absolute atomic E-state index is 0.0449. The highest BCUT2D eigenvalue weighted by Crippen LogP contribution is 2.14. The molecule has 2 atom stereocenters. The molecule has 0 saturated carbocycles. The number of carbonyl (C=O) groups excluding carboxylic acids is 5. The van der Waals surface area contributed by atoms with E-state index in [1.54, 1.807) is 20.8 Å². The molecule has 11 nitrogen and oxygen atoms in total. The molecule has 0 aliphatic heterocycles. The van der Waals surface area contributed by atoms with E-state index in [1.807, 2.05) is 27.7 Å². The number of hydrogen-bond donors (Lipinski definition) is 4. The lowest BCUT2D eigenvalue weighted by Gasteiger charge is -2.32. The van der Waals surface area contributed by atoms with Crippen LogP contribution in [0, 0.1) is 11.8 Å². The van der Waals surface area contributed by atoms with Crippen molar-refractivity contribution in [1.29, 1.82) is 0 Å². The Balaban J connectivity index is 5.61. The van der Waals surface area contributed by atoms with Gasteiger partial charge in [-0.25, -0.2) is 9.59 Å². The second-order valence-corrected chi connectivity index (χ2v) is 12.2. The van der Waals surface area contributed by atoms with Crippen molar-refractivity contribution < 1.29 is 33.4 Å². The van der Waals surface area contributed by atoms with E-state index in [-0.39, 0.29) is 11.8 Å². The Labute approximate surface area is 221 Å². The van der Waals surface area contributed by atoms with Crippen LogP contribution in [0.3, 0.4) is 0 Å². The van der Waals surface area contributed by atoms with Crippen LogP contribution in [-0.2, 0) is 28.7 Å². The zero-order valence-electron chi connectivity index (χ0n) is 24.6. The maximum Gasteiger partial charge on any atom is 0.408 e. The lowest BCUT2D eigenvalue weighted by Crippen LogP contribution is -2.63. The average molecular weight is 529 g/mol. The van der Waals surface area contributed by atoms with Crippen LogP contribution < -0.4 is 21.3 Å². The van der Waals surface area contributed by atoms with E-state index >= 15 is 0 Å². The third-order valence-corrected chi connectivity index (χ3v) is 5.18. The Kier molecular flexibility index (Phi) is 12.6. The van der Waals surface area contributed by atoms with Crippen LogP contribution in [0.1, 0.15) is 89.0 Å². The van der Waals surface area contributed by atoms with Crippen LogP contribution in [0.4, 0.5) is 4.79 Å². The maximum absolute atomic E-state index is 13.2. The van der Waals surface area contributed by atoms with Crippen molar-refractivity contribution in [1.82, 2.24) is 21.3 Å². The van der Waals surface area contributed by atoms with Crippen LogP contribution in [-0.4, -0.2) is 65.7 Å². The van der Waals surface area contributed by atoms with Crippen LogP contribution >= 0.6 is 0 Å². The standard InChI is InChI=1S/C26H48N4O7/c1-15(2)13-17(19(31)30-26(10,11)22(34)36-12)27-21(33)25(8,9)29-20(32)18(14-16(3)4)28-23(35)37-24(5,6)7/h15-18H,13-14H2,1-12H3,(H,27,33)(H,28,35)(H,29,32)(H,30,31)/t17-,18-/m0/s1. The number of esters is 1. The van der Waals surface area contributed by atoms with Crippen molar-refractivity contribution in [3.05, 3.63) is 0 Å². The van der Waals surface area contributed by atoms with Crippen molar-refractivity contribution in [2.24, 2.45) is 11.8 Å². The quantitative estimate of drug-likeness (QED) is 0.284. The lowest BCUT2D eigenvalue weighted by molar-refractivity contribution is -0.149. The molecule has 0 aliphatic rings. The molecule has 0 unspecified atom stereocenters. The largest absolute Gasteiger partial charge is 0.467 e. The van der Waals surface area contributed by atoms with Crippen molar-refractivity contribution in [2.75, 3.05) is 7.11 Å². The molecule has 0 aromatic heterocycles. The van der Waals surface area contributed by atoms with Gasteiger partial charge in [0, 0.05) is 0 Å². The summed E-state index contributed by atoms with van der Waals surface area (Å²) in [5, 5.41) is 10.6. The zero-order valence-corrected chi connectivity index (χ0v) is 24.6. The van der Waals surface area contributed by atoms with Gasteiger partial charge in [-0.2, -0.15) is 0 Å². The highest BCUT2D eigenvalue weighted by Gasteiger charge is 2.38. The summed E-state index contributed by atoms with van der Waals surface area (Å²) in [6.45, 7) is 18.7. The summed E-state index contributed by atoms with van der Waals surface area (Å²) in [6, 6.07) is -1.89. The van der Waals surface area contributed by atoms with Gasteiger partial charge in [-0.15, -0.1) is 0 Å². The SMILES string of the molecule is COC(=O)C(C)(C)NC(=O)[C@H](CC(C)C)NC(=O)C(C)(C)NC(=O)[C@H](CC(C)C)NC(=O)OC(C)(C)C. The summed E-state index contributed by atoms with van der Waals surface area (Å²) in [7, 11) is 1.22. The minimum atomic E-state index is -1.42. The normalized spacial score (nSPS) is 13.9. The number of hydrogen-bond acceptors (Lipinski definition) is 7. The molecule has 37 heavy (non-hydrogen) atoms. The van der Waals surface area contributed by atoms with E-state index in [9.17, 15) is 24.0 Å². The smallest absolute Gasteiger partial charge is 0.408 e. The van der Waals surface area contributed by atoms with Gasteiger partial charge >= 0.3 is 12.1 Å². The summed E-state index contributed by atoms with van der Waals surface area (Å²) in [5.41, 5.74) is -3.46. The topological polar surface area (TPSA) is 152 Å². The van der Waals surface area contributed by atoms with Gasteiger partial charge in [-0.3, -0.25) is 14.4 Å². The maximum atomic E-state index is 13.2.